The molecule has 0 bridgehead atoms. The third-order valence-corrected chi connectivity index (χ3v) is 2.95. The summed E-state index contributed by atoms with van der Waals surface area (Å²) in [5.41, 5.74) is 2.60. The van der Waals surface area contributed by atoms with Gasteiger partial charge in [0.1, 0.15) is 6.54 Å². The van der Waals surface area contributed by atoms with E-state index in [1.165, 1.54) is 0 Å². The van der Waals surface area contributed by atoms with Crippen LogP contribution in [0.15, 0.2) is 0 Å². The Hall–Kier alpha value is -1.63. The van der Waals surface area contributed by atoms with Gasteiger partial charge in [-0.3, -0.25) is 9.48 Å². The average molecular weight is 217 g/mol. The van der Waals surface area contributed by atoms with Crippen LogP contribution >= 0.6 is 0 Å². The van der Waals surface area contributed by atoms with E-state index in [1.54, 1.807) is 4.68 Å². The van der Waals surface area contributed by atoms with Crippen LogP contribution in [0.4, 0.5) is 0 Å². The van der Waals surface area contributed by atoms with Crippen LogP contribution in [0.5, 0.6) is 0 Å². The maximum Gasteiger partial charge on any atom is 0.166 e. The molecule has 1 aliphatic carbocycles. The van der Waals surface area contributed by atoms with Crippen LogP contribution in [0.2, 0.25) is 0 Å². The van der Waals surface area contributed by atoms with Crippen molar-refractivity contribution in [1.82, 2.24) is 9.78 Å². The summed E-state index contributed by atoms with van der Waals surface area (Å²) in [6.45, 7) is 4.30. The standard InChI is InChI=1S/C12H15N3O/c1-8(2)12-11-9(4-3-5-10(11)16)15(14-12)7-6-13/h8H,3-5,7H2,1-2H3. The van der Waals surface area contributed by atoms with E-state index in [9.17, 15) is 4.79 Å². The number of Topliss-reactive ketones (excluding diaryl/α,β-unsaturated/α-hetero) is 1. The van der Waals surface area contributed by atoms with Gasteiger partial charge in [0, 0.05) is 6.42 Å². The fourth-order valence-electron chi connectivity index (χ4n) is 2.22. The van der Waals surface area contributed by atoms with E-state index < -0.39 is 0 Å². The predicted octanol–water partition coefficient (Wildman–Crippen LogP) is 2.05. The molecule has 1 aromatic heterocycles. The molecule has 84 valence electrons. The molecular formula is C12H15N3O. The van der Waals surface area contributed by atoms with Gasteiger partial charge in [-0.15, -0.1) is 0 Å². The van der Waals surface area contributed by atoms with E-state index in [-0.39, 0.29) is 18.2 Å². The molecule has 0 aliphatic heterocycles. The van der Waals surface area contributed by atoms with Gasteiger partial charge >= 0.3 is 0 Å². The number of nitriles is 1. The third kappa shape index (κ3) is 1.63. The van der Waals surface area contributed by atoms with Crippen LogP contribution in [-0.4, -0.2) is 15.6 Å². The van der Waals surface area contributed by atoms with Crippen LogP contribution in [0, 0.1) is 11.3 Å². The molecule has 0 saturated carbocycles. The Morgan fingerprint density at radius 3 is 2.88 bits per heavy atom. The van der Waals surface area contributed by atoms with Crippen LogP contribution in [0.1, 0.15) is 54.4 Å². The lowest BCUT2D eigenvalue weighted by molar-refractivity contribution is 0.0970. The zero-order valence-electron chi connectivity index (χ0n) is 9.66. The number of rotatable bonds is 2. The third-order valence-electron chi connectivity index (χ3n) is 2.95. The average Bonchev–Trinajstić information content (AvgIpc) is 2.60. The molecule has 0 atom stereocenters. The van der Waals surface area contributed by atoms with E-state index in [1.807, 2.05) is 13.8 Å². The van der Waals surface area contributed by atoms with Crippen molar-refractivity contribution < 1.29 is 4.79 Å². The topological polar surface area (TPSA) is 58.7 Å². The van der Waals surface area contributed by atoms with E-state index in [2.05, 4.69) is 11.2 Å². The number of aromatic nitrogens is 2. The van der Waals surface area contributed by atoms with Crippen molar-refractivity contribution >= 4 is 5.78 Å². The minimum absolute atomic E-state index is 0.189. The minimum Gasteiger partial charge on any atom is -0.294 e. The Bertz CT molecular complexity index is 465. The number of nitrogens with zero attached hydrogens (tertiary/aromatic N) is 3. The monoisotopic (exact) mass is 217 g/mol. The summed E-state index contributed by atoms with van der Waals surface area (Å²) in [5.74, 6) is 0.421. The number of hydrogen-bond donors (Lipinski definition) is 0. The lowest BCUT2D eigenvalue weighted by atomic mass is 9.91. The zero-order chi connectivity index (χ0) is 11.7. The molecule has 16 heavy (non-hydrogen) atoms. The van der Waals surface area contributed by atoms with Gasteiger partial charge in [-0.05, 0) is 18.8 Å². The van der Waals surface area contributed by atoms with Gasteiger partial charge in [0.05, 0.1) is 23.0 Å². The fraction of sp³-hybridized carbons (Fsp3) is 0.583. The first-order valence-corrected chi connectivity index (χ1v) is 5.65. The van der Waals surface area contributed by atoms with Gasteiger partial charge in [0.2, 0.25) is 0 Å². The largest absolute Gasteiger partial charge is 0.294 e. The number of carbonyl (C=O) groups excluding carboxylic acids is 1. The molecule has 1 aromatic rings. The summed E-state index contributed by atoms with van der Waals surface area (Å²) in [7, 11) is 0. The van der Waals surface area contributed by atoms with E-state index in [0.29, 0.717) is 6.42 Å². The van der Waals surface area contributed by atoms with Gasteiger partial charge in [0.15, 0.2) is 5.78 Å². The molecule has 1 aliphatic rings. The van der Waals surface area contributed by atoms with Crippen molar-refractivity contribution in [2.24, 2.45) is 0 Å². The number of hydrogen-bond acceptors (Lipinski definition) is 3. The Labute approximate surface area is 94.9 Å². The molecule has 0 aromatic carbocycles. The highest BCUT2D eigenvalue weighted by atomic mass is 16.1. The Morgan fingerprint density at radius 1 is 1.50 bits per heavy atom. The number of ketones is 1. The second-order valence-corrected chi connectivity index (χ2v) is 4.45. The molecule has 4 heteroatoms. The summed E-state index contributed by atoms with van der Waals surface area (Å²) < 4.78 is 1.70. The van der Waals surface area contributed by atoms with Gasteiger partial charge < -0.3 is 0 Å². The molecule has 0 saturated heterocycles. The Balaban J connectivity index is 2.56. The number of carbonyl (C=O) groups is 1. The van der Waals surface area contributed by atoms with Gasteiger partial charge in [0.25, 0.3) is 0 Å². The van der Waals surface area contributed by atoms with Gasteiger partial charge in [-0.2, -0.15) is 10.4 Å². The summed E-state index contributed by atoms with van der Waals surface area (Å²) in [5, 5.41) is 13.1. The normalized spacial score (nSPS) is 15.0. The van der Waals surface area contributed by atoms with Crippen LogP contribution < -0.4 is 0 Å². The summed E-state index contributed by atoms with van der Waals surface area (Å²) in [4.78, 5) is 11.9. The van der Waals surface area contributed by atoms with Crippen molar-refractivity contribution in [1.29, 1.82) is 5.26 Å². The molecule has 4 nitrogen and oxygen atoms in total. The van der Waals surface area contributed by atoms with Crippen molar-refractivity contribution in [2.45, 2.75) is 45.6 Å². The predicted molar refractivity (Wildman–Crippen MR) is 59.2 cm³/mol. The fourth-order valence-corrected chi connectivity index (χ4v) is 2.22. The SMILES string of the molecule is CC(C)c1nn(CC#N)c2c1C(=O)CCC2. The maximum atomic E-state index is 11.9. The van der Waals surface area contributed by atoms with E-state index in [4.69, 9.17) is 5.26 Å². The smallest absolute Gasteiger partial charge is 0.166 e. The second-order valence-electron chi connectivity index (χ2n) is 4.45. The molecule has 0 N–H and O–H groups in total. The highest BCUT2D eigenvalue weighted by Crippen LogP contribution is 2.28. The van der Waals surface area contributed by atoms with Crippen LogP contribution in [0.3, 0.4) is 0 Å². The molecular weight excluding hydrogens is 202 g/mol. The first-order valence-electron chi connectivity index (χ1n) is 5.65. The summed E-state index contributed by atoms with van der Waals surface area (Å²) >= 11 is 0. The van der Waals surface area contributed by atoms with Crippen LogP contribution in [-0.2, 0) is 13.0 Å². The molecule has 0 spiro atoms. The lowest BCUT2D eigenvalue weighted by Crippen LogP contribution is -2.14. The highest BCUT2D eigenvalue weighted by Gasteiger charge is 2.27. The Morgan fingerprint density at radius 2 is 2.25 bits per heavy atom. The van der Waals surface area contributed by atoms with Gasteiger partial charge in [-0.1, -0.05) is 13.8 Å². The lowest BCUT2D eigenvalue weighted by Gasteiger charge is -2.12. The first kappa shape index (κ1) is 10.9. The summed E-state index contributed by atoms with van der Waals surface area (Å²) in [6.07, 6.45) is 2.36. The minimum atomic E-state index is 0.189. The van der Waals surface area contributed by atoms with E-state index in [0.717, 1.165) is 29.8 Å². The van der Waals surface area contributed by atoms with E-state index >= 15 is 0 Å². The van der Waals surface area contributed by atoms with Crippen LogP contribution in [0.25, 0.3) is 0 Å². The quantitative estimate of drug-likeness (QED) is 0.761. The molecule has 0 amide bonds. The maximum absolute atomic E-state index is 11.9. The first-order chi connectivity index (χ1) is 7.65. The molecule has 0 radical (unpaired) electrons. The summed E-state index contributed by atoms with van der Waals surface area (Å²) in [6, 6.07) is 2.09. The molecule has 1 heterocycles. The molecule has 0 unspecified atom stereocenters. The molecule has 0 fully saturated rings. The van der Waals surface area contributed by atoms with Gasteiger partial charge in [-0.25, -0.2) is 0 Å². The van der Waals surface area contributed by atoms with Crippen molar-refractivity contribution in [3.63, 3.8) is 0 Å². The highest BCUT2D eigenvalue weighted by molar-refractivity contribution is 5.99. The number of fused-ring (bicyclic) bond motifs is 1. The zero-order valence-corrected chi connectivity index (χ0v) is 9.66. The van der Waals surface area contributed by atoms with Crippen molar-refractivity contribution in [3.8, 4) is 6.07 Å². The second kappa shape index (κ2) is 4.09. The van der Waals surface area contributed by atoms with Crippen molar-refractivity contribution in [2.75, 3.05) is 0 Å². The van der Waals surface area contributed by atoms with Crippen molar-refractivity contribution in [3.05, 3.63) is 17.0 Å². The Kier molecular flexibility index (Phi) is 2.78. The molecule has 2 rings (SSSR count).